The van der Waals surface area contributed by atoms with Gasteiger partial charge in [0.25, 0.3) is 5.91 Å². The third-order valence-corrected chi connectivity index (χ3v) is 4.87. The molecule has 2 atom stereocenters. The molecular weight excluding hydrogens is 279 g/mol. The van der Waals surface area contributed by atoms with Gasteiger partial charge < -0.3 is 9.64 Å². The van der Waals surface area contributed by atoms with Crippen LogP contribution < -0.4 is 4.74 Å². The van der Waals surface area contributed by atoms with Crippen molar-refractivity contribution in [3.63, 3.8) is 0 Å². The van der Waals surface area contributed by atoms with Gasteiger partial charge in [0.1, 0.15) is 0 Å². The van der Waals surface area contributed by atoms with Crippen LogP contribution in [0.5, 0.6) is 5.75 Å². The zero-order valence-electron chi connectivity index (χ0n) is 11.5. The van der Waals surface area contributed by atoms with E-state index in [9.17, 15) is 9.18 Å². The van der Waals surface area contributed by atoms with E-state index in [0.29, 0.717) is 5.56 Å². The van der Waals surface area contributed by atoms with Crippen molar-refractivity contribution in [2.75, 3.05) is 26.5 Å². The van der Waals surface area contributed by atoms with Crippen LogP contribution in [0.25, 0.3) is 0 Å². The van der Waals surface area contributed by atoms with Crippen molar-refractivity contribution in [3.8, 4) is 5.75 Å². The molecule has 2 unspecified atom stereocenters. The normalized spacial score (nSPS) is 25.2. The number of hydrogen-bond donors (Lipinski definition) is 0. The zero-order valence-corrected chi connectivity index (χ0v) is 12.3. The Balaban J connectivity index is 1.76. The predicted octanol–water partition coefficient (Wildman–Crippen LogP) is 2.01. The van der Waals surface area contributed by atoms with Gasteiger partial charge in [-0.25, -0.2) is 8.70 Å². The fraction of sp³-hybridized carbons (Fsp3) is 0.500. The largest absolute Gasteiger partial charge is 0.494 e. The molecule has 0 saturated carbocycles. The first-order valence-corrected chi connectivity index (χ1v) is 7.77. The van der Waals surface area contributed by atoms with Gasteiger partial charge in [-0.2, -0.15) is 0 Å². The summed E-state index contributed by atoms with van der Waals surface area (Å²) in [4.78, 5) is 14.4. The maximum Gasteiger partial charge on any atom is 0.254 e. The second kappa shape index (κ2) is 5.26. The van der Waals surface area contributed by atoms with Crippen LogP contribution in [-0.4, -0.2) is 53.7 Å². The fourth-order valence-corrected chi connectivity index (χ4v) is 3.64. The van der Waals surface area contributed by atoms with Crippen LogP contribution in [0.2, 0.25) is 0 Å². The summed E-state index contributed by atoms with van der Waals surface area (Å²) in [7, 11) is 1.41. The summed E-state index contributed by atoms with van der Waals surface area (Å²) in [5.74, 6) is -0.401. The van der Waals surface area contributed by atoms with Crippen LogP contribution in [0.1, 0.15) is 16.8 Å². The van der Waals surface area contributed by atoms with E-state index >= 15 is 0 Å². The second-order valence-corrected chi connectivity index (χ2v) is 6.02. The van der Waals surface area contributed by atoms with Gasteiger partial charge in [-0.1, -0.05) is 11.9 Å². The van der Waals surface area contributed by atoms with E-state index in [4.69, 9.17) is 4.74 Å². The van der Waals surface area contributed by atoms with E-state index < -0.39 is 5.82 Å². The molecule has 6 heteroatoms. The van der Waals surface area contributed by atoms with Crippen LogP contribution in [0.3, 0.4) is 0 Å². The van der Waals surface area contributed by atoms with Gasteiger partial charge in [0, 0.05) is 30.7 Å². The first-order chi connectivity index (χ1) is 9.63. The number of carbonyl (C=O) groups excluding carboxylic acids is 1. The van der Waals surface area contributed by atoms with E-state index in [1.165, 1.54) is 19.2 Å². The number of benzene rings is 1. The minimum Gasteiger partial charge on any atom is -0.494 e. The number of fused-ring (bicyclic) bond motifs is 2. The number of piperidine rings is 1. The van der Waals surface area contributed by atoms with Crippen molar-refractivity contribution in [3.05, 3.63) is 29.6 Å². The molecule has 2 aliphatic rings. The molecule has 4 nitrogen and oxygen atoms in total. The molecule has 2 bridgehead atoms. The maximum atomic E-state index is 13.7. The topological polar surface area (TPSA) is 32.8 Å². The Labute approximate surface area is 122 Å². The van der Waals surface area contributed by atoms with Crippen LogP contribution in [0.15, 0.2) is 18.2 Å². The number of ether oxygens (including phenoxy) is 1. The van der Waals surface area contributed by atoms with Gasteiger partial charge >= 0.3 is 0 Å². The summed E-state index contributed by atoms with van der Waals surface area (Å²) in [5.41, 5.74) is 0.399. The molecule has 2 saturated heterocycles. The molecule has 1 aromatic rings. The smallest absolute Gasteiger partial charge is 0.254 e. The van der Waals surface area contributed by atoms with Crippen LogP contribution in [0, 0.1) is 5.82 Å². The lowest BCUT2D eigenvalue weighted by Crippen LogP contribution is -2.68. The summed E-state index contributed by atoms with van der Waals surface area (Å²) in [5, 5.41) is 0. The number of likely N-dealkylation sites (tertiary alicyclic amines) is 1. The highest BCUT2D eigenvalue weighted by Crippen LogP contribution is 2.35. The van der Waals surface area contributed by atoms with E-state index in [1.54, 1.807) is 18.0 Å². The molecule has 2 fully saturated rings. The number of carbonyl (C=O) groups is 1. The summed E-state index contributed by atoms with van der Waals surface area (Å²) in [6.07, 6.45) is 3.11. The standard InChI is InChI=1S/C14H17FN2O2S/c1-19-13-4-3-9(5-12(13)15)14(18)17-10-6-11(17)8-16(7-10)20-2/h3-5,10-11H,6-8H2,1-2H3. The number of hydrogen-bond acceptors (Lipinski definition) is 4. The third kappa shape index (κ3) is 2.16. The van der Waals surface area contributed by atoms with E-state index in [1.807, 2.05) is 4.90 Å². The quantitative estimate of drug-likeness (QED) is 0.799. The second-order valence-electron chi connectivity index (χ2n) is 5.13. The predicted molar refractivity (Wildman–Crippen MR) is 76.4 cm³/mol. The highest BCUT2D eigenvalue weighted by atomic mass is 32.2. The number of methoxy groups -OCH3 is 1. The summed E-state index contributed by atoms with van der Waals surface area (Å²) in [6, 6.07) is 4.93. The molecule has 0 radical (unpaired) electrons. The number of nitrogens with zero attached hydrogens (tertiary/aromatic N) is 2. The molecule has 0 aliphatic carbocycles. The van der Waals surface area contributed by atoms with E-state index in [-0.39, 0.29) is 23.7 Å². The Kier molecular flexibility index (Phi) is 3.60. The Morgan fingerprint density at radius 2 is 2.10 bits per heavy atom. The monoisotopic (exact) mass is 296 g/mol. The average Bonchev–Trinajstić information content (AvgIpc) is 2.47. The number of halogens is 1. The van der Waals surface area contributed by atoms with Crippen molar-refractivity contribution in [2.45, 2.75) is 18.5 Å². The molecule has 3 rings (SSSR count). The van der Waals surface area contributed by atoms with Crippen LogP contribution in [-0.2, 0) is 0 Å². The Morgan fingerprint density at radius 3 is 2.65 bits per heavy atom. The number of amides is 1. The maximum absolute atomic E-state index is 13.7. The Morgan fingerprint density at radius 1 is 1.40 bits per heavy atom. The number of piperazine rings is 1. The first-order valence-electron chi connectivity index (χ1n) is 6.59. The van der Waals surface area contributed by atoms with Gasteiger partial charge in [-0.05, 0) is 30.9 Å². The van der Waals surface area contributed by atoms with Crippen molar-refractivity contribution < 1.29 is 13.9 Å². The van der Waals surface area contributed by atoms with Gasteiger partial charge in [-0.15, -0.1) is 0 Å². The zero-order chi connectivity index (χ0) is 14.3. The Hall–Kier alpha value is -1.27. The highest BCUT2D eigenvalue weighted by molar-refractivity contribution is 7.96. The molecule has 20 heavy (non-hydrogen) atoms. The summed E-state index contributed by atoms with van der Waals surface area (Å²) >= 11 is 1.72. The molecule has 0 aromatic heterocycles. The third-order valence-electron chi connectivity index (χ3n) is 4.05. The fourth-order valence-electron chi connectivity index (χ4n) is 3.00. The van der Waals surface area contributed by atoms with Crippen LogP contribution >= 0.6 is 11.9 Å². The van der Waals surface area contributed by atoms with Gasteiger partial charge in [0.2, 0.25) is 0 Å². The van der Waals surface area contributed by atoms with Gasteiger partial charge in [0.05, 0.1) is 7.11 Å². The molecule has 1 aromatic carbocycles. The van der Waals surface area contributed by atoms with Gasteiger partial charge in [0.15, 0.2) is 11.6 Å². The van der Waals surface area contributed by atoms with E-state index in [2.05, 4.69) is 10.6 Å². The summed E-state index contributed by atoms with van der Waals surface area (Å²) < 4.78 is 20.8. The SMILES string of the molecule is COc1ccc(C(=O)N2C3CC2CN(SC)C3)cc1F. The lowest BCUT2D eigenvalue weighted by Gasteiger charge is -2.55. The minimum atomic E-state index is -0.491. The number of rotatable bonds is 3. The van der Waals surface area contributed by atoms with Crippen molar-refractivity contribution >= 4 is 17.9 Å². The molecular formula is C14H17FN2O2S. The van der Waals surface area contributed by atoms with Crippen molar-refractivity contribution in [1.29, 1.82) is 0 Å². The first kappa shape index (κ1) is 13.7. The molecule has 2 aliphatic heterocycles. The molecule has 0 N–H and O–H groups in total. The van der Waals surface area contributed by atoms with Crippen molar-refractivity contribution in [2.24, 2.45) is 0 Å². The summed E-state index contributed by atoms with van der Waals surface area (Å²) in [6.45, 7) is 1.78. The molecule has 2 heterocycles. The highest BCUT2D eigenvalue weighted by Gasteiger charge is 2.47. The van der Waals surface area contributed by atoms with Crippen LogP contribution in [0.4, 0.5) is 4.39 Å². The average molecular weight is 296 g/mol. The molecule has 0 spiro atoms. The molecule has 1 amide bonds. The van der Waals surface area contributed by atoms with Crippen molar-refractivity contribution in [1.82, 2.24) is 9.21 Å². The van der Waals surface area contributed by atoms with E-state index in [0.717, 1.165) is 19.5 Å². The minimum absolute atomic E-state index is 0.0754. The van der Waals surface area contributed by atoms with Gasteiger partial charge in [-0.3, -0.25) is 4.79 Å². The lowest BCUT2D eigenvalue weighted by molar-refractivity contribution is -0.0222. The Bertz CT molecular complexity index is 528. The molecule has 108 valence electrons. The lowest BCUT2D eigenvalue weighted by atomic mass is 9.88.